The molecule has 4 rings (SSSR count). The van der Waals surface area contributed by atoms with Crippen molar-refractivity contribution < 1.29 is 27.8 Å². The van der Waals surface area contributed by atoms with Crippen LogP contribution < -0.4 is 20.1 Å². The average molecular weight is 564 g/mol. The van der Waals surface area contributed by atoms with E-state index in [-0.39, 0.29) is 18.3 Å². The molecule has 0 spiro atoms. The molecule has 11 heteroatoms. The molecular weight excluding hydrogens is 532 g/mol. The van der Waals surface area contributed by atoms with Gasteiger partial charge in [-0.1, -0.05) is 38.0 Å². The Labute approximate surface area is 228 Å². The van der Waals surface area contributed by atoms with Gasteiger partial charge >= 0.3 is 6.03 Å². The lowest BCUT2D eigenvalue weighted by atomic mass is 10.0. The molecule has 0 unspecified atom stereocenters. The molecule has 3 amide bonds. The first kappa shape index (κ1) is 27.8. The first-order valence-corrected chi connectivity index (χ1v) is 14.2. The zero-order chi connectivity index (χ0) is 27.1. The highest BCUT2D eigenvalue weighted by Gasteiger charge is 2.38. The SMILES string of the molecule is CCCC[C@H](NC(=O)N[C@@H](c1ccc2c(c1)OCO2)C(C)(F)F)C(=O)N(Cc1cccs1)Cc1cccs1. The van der Waals surface area contributed by atoms with Crippen molar-refractivity contribution in [2.24, 2.45) is 0 Å². The number of unbranched alkanes of at least 4 members (excludes halogenated alkanes) is 1. The van der Waals surface area contributed by atoms with Crippen molar-refractivity contribution in [2.75, 3.05) is 6.79 Å². The summed E-state index contributed by atoms with van der Waals surface area (Å²) < 4.78 is 39.9. The van der Waals surface area contributed by atoms with Gasteiger partial charge in [-0.2, -0.15) is 0 Å². The lowest BCUT2D eigenvalue weighted by Crippen LogP contribution is -2.52. The quantitative estimate of drug-likeness (QED) is 0.270. The van der Waals surface area contributed by atoms with Crippen molar-refractivity contribution in [3.63, 3.8) is 0 Å². The van der Waals surface area contributed by atoms with Crippen LogP contribution in [0, 0.1) is 0 Å². The van der Waals surface area contributed by atoms with Crippen LogP contribution in [-0.4, -0.2) is 35.6 Å². The molecule has 1 aromatic carbocycles. The number of alkyl halides is 2. The summed E-state index contributed by atoms with van der Waals surface area (Å²) in [5.74, 6) is -2.73. The number of hydrogen-bond donors (Lipinski definition) is 2. The number of halogens is 2. The van der Waals surface area contributed by atoms with Crippen LogP contribution in [-0.2, 0) is 17.9 Å². The molecule has 1 aliphatic rings. The number of hydrogen-bond acceptors (Lipinski definition) is 6. The minimum Gasteiger partial charge on any atom is -0.454 e. The van der Waals surface area contributed by atoms with Gasteiger partial charge in [-0.05, 0) is 47.0 Å². The van der Waals surface area contributed by atoms with Crippen molar-refractivity contribution in [2.45, 2.75) is 64.2 Å². The van der Waals surface area contributed by atoms with Gasteiger partial charge in [0.1, 0.15) is 12.1 Å². The third-order valence-electron chi connectivity index (χ3n) is 6.13. The zero-order valence-electron chi connectivity index (χ0n) is 21.2. The van der Waals surface area contributed by atoms with E-state index in [9.17, 15) is 18.4 Å². The maximum absolute atomic E-state index is 14.6. The smallest absolute Gasteiger partial charge is 0.316 e. The molecule has 7 nitrogen and oxygen atoms in total. The summed E-state index contributed by atoms with van der Waals surface area (Å²) in [6.45, 7) is 3.53. The van der Waals surface area contributed by atoms with Gasteiger partial charge in [-0.3, -0.25) is 4.79 Å². The highest BCUT2D eigenvalue weighted by Crippen LogP contribution is 2.38. The Kier molecular flexibility index (Phi) is 9.22. The van der Waals surface area contributed by atoms with Gasteiger partial charge in [0.15, 0.2) is 11.5 Å². The van der Waals surface area contributed by atoms with Crippen molar-refractivity contribution in [3.05, 3.63) is 68.5 Å². The van der Waals surface area contributed by atoms with E-state index in [1.165, 1.54) is 18.2 Å². The molecule has 0 aliphatic carbocycles. The summed E-state index contributed by atoms with van der Waals surface area (Å²) in [6.07, 6.45) is 1.90. The van der Waals surface area contributed by atoms with Crippen LogP contribution in [0.3, 0.4) is 0 Å². The molecule has 1 aliphatic heterocycles. The van der Waals surface area contributed by atoms with Gasteiger partial charge in [-0.25, -0.2) is 13.6 Å². The van der Waals surface area contributed by atoms with Gasteiger partial charge in [0, 0.05) is 16.7 Å². The van der Waals surface area contributed by atoms with Gasteiger partial charge < -0.3 is 25.0 Å². The van der Waals surface area contributed by atoms with E-state index in [4.69, 9.17) is 9.47 Å². The number of ether oxygens (including phenoxy) is 2. The van der Waals surface area contributed by atoms with Gasteiger partial charge in [0.2, 0.25) is 12.7 Å². The van der Waals surface area contributed by atoms with Crippen molar-refractivity contribution in [1.29, 1.82) is 0 Å². The molecule has 0 saturated heterocycles. The summed E-state index contributed by atoms with van der Waals surface area (Å²) in [6, 6.07) is 8.88. The molecule has 2 aromatic heterocycles. The van der Waals surface area contributed by atoms with E-state index in [0.29, 0.717) is 37.4 Å². The Morgan fingerprint density at radius 1 is 1.03 bits per heavy atom. The third-order valence-corrected chi connectivity index (χ3v) is 7.85. The summed E-state index contributed by atoms with van der Waals surface area (Å²) in [5, 5.41) is 8.98. The first-order valence-electron chi connectivity index (χ1n) is 12.4. The van der Waals surface area contributed by atoms with Crippen LogP contribution in [0.4, 0.5) is 13.6 Å². The molecule has 2 N–H and O–H groups in total. The molecule has 0 saturated carbocycles. The second-order valence-electron chi connectivity index (χ2n) is 9.17. The fourth-order valence-corrected chi connectivity index (χ4v) is 5.64. The number of carbonyl (C=O) groups excluding carboxylic acids is 2. The van der Waals surface area contributed by atoms with Crippen LogP contribution in [0.15, 0.2) is 53.2 Å². The molecule has 0 fully saturated rings. The first-order chi connectivity index (χ1) is 18.2. The number of urea groups is 1. The lowest BCUT2D eigenvalue weighted by molar-refractivity contribution is -0.134. The number of thiophene rings is 2. The van der Waals surface area contributed by atoms with Crippen molar-refractivity contribution in [3.8, 4) is 11.5 Å². The minimum atomic E-state index is -3.28. The maximum Gasteiger partial charge on any atom is 0.316 e. The minimum absolute atomic E-state index is 0.00848. The lowest BCUT2D eigenvalue weighted by Gasteiger charge is -2.29. The largest absolute Gasteiger partial charge is 0.454 e. The normalized spacial score (nSPS) is 14.1. The number of amides is 3. The fraction of sp³-hybridized carbons (Fsp3) is 0.407. The van der Waals surface area contributed by atoms with E-state index in [1.54, 1.807) is 27.6 Å². The van der Waals surface area contributed by atoms with Gasteiger partial charge in [0.25, 0.3) is 5.92 Å². The molecule has 38 heavy (non-hydrogen) atoms. The standard InChI is InChI=1S/C27H31F2N3O4S2/c1-3-4-9-21(25(33)32(15-19-7-5-12-37-19)16-20-8-6-13-38-20)30-26(34)31-24(27(2,28)29)18-10-11-22-23(14-18)36-17-35-22/h5-8,10-14,21,24H,3-4,9,15-17H2,1-2H3,(H2,30,31,34)/t21-,24-/m0/s1. The maximum atomic E-state index is 14.6. The summed E-state index contributed by atoms with van der Waals surface area (Å²) in [4.78, 5) is 30.5. The molecule has 0 bridgehead atoms. The molecule has 3 aromatic rings. The number of nitrogens with one attached hydrogen (secondary N) is 2. The number of carbonyl (C=O) groups is 2. The fourth-order valence-electron chi connectivity index (χ4n) is 4.21. The molecule has 3 heterocycles. The van der Waals surface area contributed by atoms with Crippen LogP contribution in [0.25, 0.3) is 0 Å². The number of fused-ring (bicyclic) bond motifs is 1. The monoisotopic (exact) mass is 563 g/mol. The highest BCUT2D eigenvalue weighted by atomic mass is 32.1. The van der Waals surface area contributed by atoms with E-state index in [1.807, 2.05) is 41.9 Å². The topological polar surface area (TPSA) is 79.9 Å². The molecular formula is C27H31F2N3O4S2. The van der Waals surface area contributed by atoms with Gasteiger partial charge in [-0.15, -0.1) is 22.7 Å². The second-order valence-corrected chi connectivity index (χ2v) is 11.2. The van der Waals surface area contributed by atoms with Crippen molar-refractivity contribution in [1.82, 2.24) is 15.5 Å². The summed E-state index contributed by atoms with van der Waals surface area (Å²) in [7, 11) is 0. The summed E-state index contributed by atoms with van der Waals surface area (Å²) in [5.41, 5.74) is 0.172. The predicted octanol–water partition coefficient (Wildman–Crippen LogP) is 6.32. The van der Waals surface area contributed by atoms with Gasteiger partial charge in [0.05, 0.1) is 13.1 Å². The van der Waals surface area contributed by atoms with E-state index >= 15 is 0 Å². The number of benzene rings is 1. The second kappa shape index (κ2) is 12.6. The molecule has 0 radical (unpaired) electrons. The molecule has 204 valence electrons. The predicted molar refractivity (Wildman–Crippen MR) is 144 cm³/mol. The van der Waals surface area contributed by atoms with Crippen LogP contribution in [0.5, 0.6) is 11.5 Å². The van der Waals surface area contributed by atoms with Crippen molar-refractivity contribution >= 4 is 34.6 Å². The van der Waals surface area contributed by atoms with E-state index in [0.717, 1.165) is 23.1 Å². The van der Waals surface area contributed by atoms with Crippen LogP contribution in [0.1, 0.15) is 54.5 Å². The Hall–Kier alpha value is -3.18. The summed E-state index contributed by atoms with van der Waals surface area (Å²) >= 11 is 3.10. The number of nitrogens with zero attached hydrogens (tertiary/aromatic N) is 1. The van der Waals surface area contributed by atoms with Crippen LogP contribution in [0.2, 0.25) is 0 Å². The Morgan fingerprint density at radius 2 is 1.68 bits per heavy atom. The Balaban J connectivity index is 1.51. The van der Waals surface area contributed by atoms with E-state index < -0.39 is 24.0 Å². The third kappa shape index (κ3) is 7.22. The Morgan fingerprint density at radius 3 is 2.26 bits per heavy atom. The molecule has 2 atom stereocenters. The average Bonchev–Trinajstić information content (AvgIpc) is 3.66. The Bertz CT molecular complexity index is 1160. The van der Waals surface area contributed by atoms with E-state index in [2.05, 4.69) is 10.6 Å². The zero-order valence-corrected chi connectivity index (χ0v) is 22.9. The number of rotatable bonds is 12. The van der Waals surface area contributed by atoms with Crippen LogP contribution >= 0.6 is 22.7 Å². The highest BCUT2D eigenvalue weighted by molar-refractivity contribution is 7.10.